The molecule has 1 fully saturated rings. The monoisotopic (exact) mass is 288 g/mol. The van der Waals surface area contributed by atoms with Gasteiger partial charge in [-0.05, 0) is 44.0 Å². The number of hydrogen-bond acceptors (Lipinski definition) is 2. The van der Waals surface area contributed by atoms with E-state index in [1.165, 1.54) is 49.7 Å². The third-order valence-corrected chi connectivity index (χ3v) is 4.79. The Morgan fingerprint density at radius 3 is 2.38 bits per heavy atom. The Morgan fingerprint density at radius 1 is 1.14 bits per heavy atom. The van der Waals surface area contributed by atoms with Crippen molar-refractivity contribution in [2.75, 3.05) is 20.1 Å². The summed E-state index contributed by atoms with van der Waals surface area (Å²) in [5.41, 5.74) is 2.89. The van der Waals surface area contributed by atoms with E-state index in [0.717, 1.165) is 19.1 Å². The van der Waals surface area contributed by atoms with Crippen LogP contribution in [0, 0.1) is 0 Å². The summed E-state index contributed by atoms with van der Waals surface area (Å²) in [6.07, 6.45) is 7.99. The summed E-state index contributed by atoms with van der Waals surface area (Å²) < 4.78 is 0. The quantitative estimate of drug-likeness (QED) is 0.772. The van der Waals surface area contributed by atoms with Crippen LogP contribution in [-0.4, -0.2) is 31.1 Å². The number of aryl methyl sites for hydroxylation is 1. The summed E-state index contributed by atoms with van der Waals surface area (Å²) in [4.78, 5) is 2.57. The zero-order chi connectivity index (χ0) is 15.1. The molecule has 1 atom stereocenters. The summed E-state index contributed by atoms with van der Waals surface area (Å²) in [5.74, 6) is 0. The molecule has 2 heteroatoms. The van der Waals surface area contributed by atoms with Gasteiger partial charge in [-0.25, -0.2) is 0 Å². The highest BCUT2D eigenvalue weighted by molar-refractivity contribution is 5.25. The van der Waals surface area contributed by atoms with Gasteiger partial charge in [0.15, 0.2) is 0 Å². The first-order valence-electron chi connectivity index (χ1n) is 8.77. The molecular formula is C19H32N2. The van der Waals surface area contributed by atoms with Gasteiger partial charge in [0.1, 0.15) is 0 Å². The minimum absolute atomic E-state index is 0.455. The molecule has 0 aliphatic heterocycles. The highest BCUT2D eigenvalue weighted by Crippen LogP contribution is 2.24. The minimum atomic E-state index is 0.455. The van der Waals surface area contributed by atoms with E-state index in [0.29, 0.717) is 6.04 Å². The Bertz CT molecular complexity index is 393. The third-order valence-electron chi connectivity index (χ3n) is 4.79. The first-order valence-corrected chi connectivity index (χ1v) is 8.77. The van der Waals surface area contributed by atoms with Gasteiger partial charge in [0.05, 0.1) is 0 Å². The van der Waals surface area contributed by atoms with Crippen LogP contribution in [0.4, 0.5) is 0 Å². The van der Waals surface area contributed by atoms with Crippen molar-refractivity contribution in [3.05, 3.63) is 35.4 Å². The molecule has 0 radical (unpaired) electrons. The van der Waals surface area contributed by atoms with Crippen LogP contribution in [0.2, 0.25) is 0 Å². The number of likely N-dealkylation sites (N-methyl/N-ethyl adjacent to an activating group) is 2. The molecule has 1 N–H and O–H groups in total. The summed E-state index contributed by atoms with van der Waals surface area (Å²) >= 11 is 0. The Labute approximate surface area is 130 Å². The lowest BCUT2D eigenvalue weighted by molar-refractivity contribution is 0.220. The Morgan fingerprint density at radius 2 is 1.81 bits per heavy atom. The van der Waals surface area contributed by atoms with Gasteiger partial charge in [0.2, 0.25) is 0 Å². The molecular weight excluding hydrogens is 256 g/mol. The van der Waals surface area contributed by atoms with Crippen molar-refractivity contribution in [3.63, 3.8) is 0 Å². The molecule has 1 aliphatic rings. The molecule has 1 aromatic rings. The lowest BCUT2D eigenvalue weighted by Gasteiger charge is -2.29. The number of nitrogens with one attached hydrogen (secondary N) is 1. The van der Waals surface area contributed by atoms with E-state index >= 15 is 0 Å². The Hall–Kier alpha value is -0.860. The van der Waals surface area contributed by atoms with Gasteiger partial charge in [-0.15, -0.1) is 0 Å². The summed E-state index contributed by atoms with van der Waals surface area (Å²) in [6, 6.07) is 10.5. The van der Waals surface area contributed by atoms with Crippen molar-refractivity contribution in [3.8, 4) is 0 Å². The summed E-state index contributed by atoms with van der Waals surface area (Å²) in [5, 5.41) is 3.66. The molecule has 1 aliphatic carbocycles. The molecule has 0 heterocycles. The Kier molecular flexibility index (Phi) is 6.72. The van der Waals surface area contributed by atoms with Gasteiger partial charge < -0.3 is 10.2 Å². The van der Waals surface area contributed by atoms with Gasteiger partial charge in [-0.1, -0.05) is 57.4 Å². The third kappa shape index (κ3) is 4.82. The maximum absolute atomic E-state index is 3.66. The SMILES string of the molecule is CCCc1ccc(C(CN(C)C2CCCC2)NCC)cc1. The smallest absolute Gasteiger partial charge is 0.0449 e. The number of benzene rings is 1. The summed E-state index contributed by atoms with van der Waals surface area (Å²) in [7, 11) is 2.30. The van der Waals surface area contributed by atoms with E-state index in [1.54, 1.807) is 0 Å². The fraction of sp³-hybridized carbons (Fsp3) is 0.684. The molecule has 1 unspecified atom stereocenters. The van der Waals surface area contributed by atoms with Crippen LogP contribution in [0.25, 0.3) is 0 Å². The maximum atomic E-state index is 3.66. The van der Waals surface area contributed by atoms with E-state index in [1.807, 2.05) is 0 Å². The molecule has 1 saturated carbocycles. The van der Waals surface area contributed by atoms with Crippen LogP contribution >= 0.6 is 0 Å². The topological polar surface area (TPSA) is 15.3 Å². The van der Waals surface area contributed by atoms with Crippen LogP contribution in [0.5, 0.6) is 0 Å². The molecule has 0 aromatic heterocycles. The second-order valence-corrected chi connectivity index (χ2v) is 6.48. The van der Waals surface area contributed by atoms with Gasteiger partial charge in [-0.2, -0.15) is 0 Å². The van der Waals surface area contributed by atoms with E-state index in [2.05, 4.69) is 55.4 Å². The molecule has 2 rings (SSSR count). The van der Waals surface area contributed by atoms with Gasteiger partial charge in [-0.3, -0.25) is 0 Å². The minimum Gasteiger partial charge on any atom is -0.309 e. The van der Waals surface area contributed by atoms with Crippen LogP contribution in [0.1, 0.15) is 63.1 Å². The molecule has 1 aromatic carbocycles. The molecule has 118 valence electrons. The van der Waals surface area contributed by atoms with E-state index in [9.17, 15) is 0 Å². The zero-order valence-corrected chi connectivity index (χ0v) is 14.1. The number of hydrogen-bond donors (Lipinski definition) is 1. The van der Waals surface area contributed by atoms with Crippen LogP contribution < -0.4 is 5.32 Å². The highest BCUT2D eigenvalue weighted by Gasteiger charge is 2.22. The van der Waals surface area contributed by atoms with Crippen LogP contribution in [0.3, 0.4) is 0 Å². The fourth-order valence-electron chi connectivity index (χ4n) is 3.52. The standard InChI is InChI=1S/C19H32N2/c1-4-8-16-11-13-17(14-12-16)19(20-5-2)15-21(3)18-9-6-7-10-18/h11-14,18-20H,4-10,15H2,1-3H3. The molecule has 0 spiro atoms. The lowest BCUT2D eigenvalue weighted by atomic mass is 10.0. The first kappa shape index (κ1) is 16.5. The maximum Gasteiger partial charge on any atom is 0.0449 e. The van der Waals surface area contributed by atoms with Crippen molar-refractivity contribution in [2.45, 2.75) is 64.5 Å². The van der Waals surface area contributed by atoms with E-state index in [4.69, 9.17) is 0 Å². The van der Waals surface area contributed by atoms with Crippen LogP contribution in [0.15, 0.2) is 24.3 Å². The van der Waals surface area contributed by atoms with Gasteiger partial charge in [0.25, 0.3) is 0 Å². The predicted molar refractivity (Wildman–Crippen MR) is 91.7 cm³/mol. The largest absolute Gasteiger partial charge is 0.309 e. The van der Waals surface area contributed by atoms with Gasteiger partial charge >= 0.3 is 0 Å². The zero-order valence-electron chi connectivity index (χ0n) is 14.1. The molecule has 0 saturated heterocycles. The predicted octanol–water partition coefficient (Wildman–Crippen LogP) is 4.16. The Balaban J connectivity index is 1.99. The van der Waals surface area contributed by atoms with Crippen molar-refractivity contribution >= 4 is 0 Å². The van der Waals surface area contributed by atoms with E-state index in [-0.39, 0.29) is 0 Å². The number of rotatable bonds is 8. The summed E-state index contributed by atoms with van der Waals surface area (Å²) in [6.45, 7) is 6.59. The molecule has 0 bridgehead atoms. The van der Waals surface area contributed by atoms with E-state index < -0.39 is 0 Å². The van der Waals surface area contributed by atoms with Crippen molar-refractivity contribution < 1.29 is 0 Å². The molecule has 2 nitrogen and oxygen atoms in total. The van der Waals surface area contributed by atoms with Crippen molar-refractivity contribution in [2.24, 2.45) is 0 Å². The highest BCUT2D eigenvalue weighted by atomic mass is 15.2. The first-order chi connectivity index (χ1) is 10.2. The lowest BCUT2D eigenvalue weighted by Crippen LogP contribution is -2.37. The molecule has 0 amide bonds. The average Bonchev–Trinajstić information content (AvgIpc) is 3.02. The molecule has 21 heavy (non-hydrogen) atoms. The fourth-order valence-corrected chi connectivity index (χ4v) is 3.52. The van der Waals surface area contributed by atoms with Crippen LogP contribution in [-0.2, 0) is 6.42 Å². The average molecular weight is 288 g/mol. The second kappa shape index (κ2) is 8.55. The van der Waals surface area contributed by atoms with Crippen molar-refractivity contribution in [1.82, 2.24) is 10.2 Å². The van der Waals surface area contributed by atoms with Gasteiger partial charge in [0, 0.05) is 18.6 Å². The number of nitrogens with zero attached hydrogens (tertiary/aromatic N) is 1. The second-order valence-electron chi connectivity index (χ2n) is 6.48. The normalized spacial score (nSPS) is 17.5. The van der Waals surface area contributed by atoms with Crippen molar-refractivity contribution in [1.29, 1.82) is 0 Å².